The molecule has 1 fully saturated rings. The van der Waals surface area contributed by atoms with Crippen molar-refractivity contribution in [2.45, 2.75) is 57.3 Å². The lowest BCUT2D eigenvalue weighted by Crippen LogP contribution is -2.35. The van der Waals surface area contributed by atoms with E-state index in [1.165, 1.54) is 18.6 Å². The molecule has 40 heavy (non-hydrogen) atoms. The summed E-state index contributed by atoms with van der Waals surface area (Å²) in [5.74, 6) is 1.70. The number of benzene rings is 2. The van der Waals surface area contributed by atoms with E-state index in [-0.39, 0.29) is 17.4 Å². The molecular formula is C30H31FN6O3. The van der Waals surface area contributed by atoms with Gasteiger partial charge in [0, 0.05) is 23.0 Å². The molecule has 0 radical (unpaired) electrons. The van der Waals surface area contributed by atoms with Gasteiger partial charge in [-0.15, -0.1) is 5.10 Å². The summed E-state index contributed by atoms with van der Waals surface area (Å²) in [5.41, 5.74) is 1.86. The summed E-state index contributed by atoms with van der Waals surface area (Å²) in [7, 11) is 1.61. The van der Waals surface area contributed by atoms with Gasteiger partial charge >= 0.3 is 0 Å². The normalized spacial score (nSPS) is 15.1. The fourth-order valence-electron chi connectivity index (χ4n) is 5.66. The van der Waals surface area contributed by atoms with Gasteiger partial charge in [0.25, 0.3) is 5.56 Å². The zero-order valence-electron chi connectivity index (χ0n) is 22.3. The molecule has 6 rings (SSSR count). The van der Waals surface area contributed by atoms with Crippen molar-refractivity contribution >= 4 is 10.9 Å². The minimum Gasteiger partial charge on any atom is -0.497 e. The predicted octanol–water partition coefficient (Wildman–Crippen LogP) is 5.55. The summed E-state index contributed by atoms with van der Waals surface area (Å²) < 4.78 is 26.9. The van der Waals surface area contributed by atoms with Gasteiger partial charge in [-0.1, -0.05) is 31.4 Å². The Morgan fingerprint density at radius 1 is 1.10 bits per heavy atom. The highest BCUT2D eigenvalue weighted by Crippen LogP contribution is 2.35. The molecule has 3 aromatic heterocycles. The number of hydrogen-bond donors (Lipinski definition) is 1. The Balaban J connectivity index is 1.53. The number of aromatic nitrogens is 5. The minimum absolute atomic E-state index is 0.150. The number of nitrogens with zero attached hydrogens (tertiary/aromatic N) is 5. The number of hydrogen-bond acceptors (Lipinski definition) is 7. The second-order valence-corrected chi connectivity index (χ2v) is 10.3. The molecule has 206 valence electrons. The predicted molar refractivity (Wildman–Crippen MR) is 147 cm³/mol. The van der Waals surface area contributed by atoms with Crippen LogP contribution in [0.3, 0.4) is 0 Å². The minimum atomic E-state index is -0.619. The van der Waals surface area contributed by atoms with Gasteiger partial charge in [-0.25, -0.2) is 9.07 Å². The lowest BCUT2D eigenvalue weighted by molar-refractivity contribution is 0.173. The number of rotatable bonds is 9. The van der Waals surface area contributed by atoms with Crippen LogP contribution in [-0.2, 0) is 13.1 Å². The summed E-state index contributed by atoms with van der Waals surface area (Å²) in [6.45, 7) is 0.779. The molecule has 0 saturated heterocycles. The first-order chi connectivity index (χ1) is 19.6. The van der Waals surface area contributed by atoms with Crippen LogP contribution in [0.2, 0.25) is 0 Å². The quantitative estimate of drug-likeness (QED) is 0.260. The van der Waals surface area contributed by atoms with Crippen LogP contribution in [0.1, 0.15) is 66.9 Å². The molecule has 1 N–H and O–H groups in total. The Labute approximate surface area is 230 Å². The Hall–Kier alpha value is -4.31. The van der Waals surface area contributed by atoms with Gasteiger partial charge in [0.1, 0.15) is 23.4 Å². The van der Waals surface area contributed by atoms with Crippen LogP contribution >= 0.6 is 0 Å². The fourth-order valence-corrected chi connectivity index (χ4v) is 5.66. The lowest BCUT2D eigenvalue weighted by Gasteiger charge is -2.32. The van der Waals surface area contributed by atoms with Gasteiger partial charge < -0.3 is 14.1 Å². The second kappa shape index (κ2) is 11.4. The first-order valence-electron chi connectivity index (χ1n) is 13.6. The van der Waals surface area contributed by atoms with Gasteiger partial charge in [0.05, 0.1) is 26.0 Å². The van der Waals surface area contributed by atoms with Gasteiger partial charge in [-0.3, -0.25) is 9.69 Å². The molecule has 0 amide bonds. The number of pyridine rings is 1. The molecule has 1 aliphatic rings. The molecule has 0 bridgehead atoms. The third-order valence-corrected chi connectivity index (χ3v) is 7.66. The monoisotopic (exact) mass is 542 g/mol. The average molecular weight is 543 g/mol. The molecule has 1 unspecified atom stereocenters. The fraction of sp³-hybridized carbons (Fsp3) is 0.333. The maximum atomic E-state index is 13.8. The van der Waals surface area contributed by atoms with Crippen molar-refractivity contribution in [1.29, 1.82) is 0 Å². The molecule has 10 heteroatoms. The largest absolute Gasteiger partial charge is 0.497 e. The summed E-state index contributed by atoms with van der Waals surface area (Å²) in [5, 5.41) is 13.9. The highest BCUT2D eigenvalue weighted by molar-refractivity contribution is 5.80. The van der Waals surface area contributed by atoms with Crippen LogP contribution in [0.5, 0.6) is 5.75 Å². The Bertz CT molecular complexity index is 1620. The van der Waals surface area contributed by atoms with Crippen LogP contribution in [0.4, 0.5) is 4.39 Å². The van der Waals surface area contributed by atoms with Gasteiger partial charge in [-0.05, 0) is 77.4 Å². The molecule has 2 aromatic carbocycles. The second-order valence-electron chi connectivity index (χ2n) is 10.3. The van der Waals surface area contributed by atoms with Crippen molar-refractivity contribution in [3.63, 3.8) is 0 Å². The van der Waals surface area contributed by atoms with Crippen LogP contribution in [0, 0.1) is 5.82 Å². The Kier molecular flexibility index (Phi) is 7.41. The number of nitrogens with one attached hydrogen (secondary N) is 1. The van der Waals surface area contributed by atoms with E-state index in [1.807, 2.05) is 41.1 Å². The van der Waals surface area contributed by atoms with E-state index < -0.39 is 6.04 Å². The first kappa shape index (κ1) is 25.9. The van der Waals surface area contributed by atoms with Crippen LogP contribution in [-0.4, -0.2) is 37.2 Å². The van der Waals surface area contributed by atoms with E-state index in [4.69, 9.17) is 9.15 Å². The summed E-state index contributed by atoms with van der Waals surface area (Å²) >= 11 is 0. The first-order valence-corrected chi connectivity index (χ1v) is 13.6. The molecule has 0 aliphatic heterocycles. The SMILES string of the molecule is COc1ccc2[nH]c(=O)c(C(c3nnnn3C3CCCCC3)N(Cc3ccc(F)cc3)Cc3ccco3)cc2c1. The maximum absolute atomic E-state index is 13.8. The molecule has 9 nitrogen and oxygen atoms in total. The molecular weight excluding hydrogens is 511 g/mol. The number of halogens is 1. The molecule has 5 aromatic rings. The molecule has 1 saturated carbocycles. The number of fused-ring (bicyclic) bond motifs is 1. The standard InChI is InChI=1S/C30H31FN6O3/c1-39-24-13-14-27-21(16-24)17-26(30(38)32-27)28(29-33-34-35-37(29)23-6-3-2-4-7-23)36(19-25-8-5-15-40-25)18-20-9-11-22(31)12-10-20/h5,8-17,23,28H,2-4,6-7,18-19H2,1H3,(H,32,38). The van der Waals surface area contributed by atoms with Crippen molar-refractivity contribution in [3.8, 4) is 5.75 Å². The van der Waals surface area contributed by atoms with Crippen LogP contribution in [0.15, 0.2) is 76.1 Å². The van der Waals surface area contributed by atoms with Gasteiger partial charge in [-0.2, -0.15) is 0 Å². The summed E-state index contributed by atoms with van der Waals surface area (Å²) in [6, 6.07) is 17.1. The van der Waals surface area contributed by atoms with Crippen molar-refractivity contribution in [1.82, 2.24) is 30.1 Å². The van der Waals surface area contributed by atoms with Gasteiger partial charge in [0.15, 0.2) is 5.82 Å². The van der Waals surface area contributed by atoms with Crippen molar-refractivity contribution in [2.24, 2.45) is 0 Å². The smallest absolute Gasteiger partial charge is 0.253 e. The molecule has 1 aliphatic carbocycles. The number of tetrazole rings is 1. The van der Waals surface area contributed by atoms with Crippen LogP contribution in [0.25, 0.3) is 10.9 Å². The number of furan rings is 1. The topological polar surface area (TPSA) is 102 Å². The van der Waals surface area contributed by atoms with Crippen molar-refractivity contribution in [3.05, 3.63) is 106 Å². The zero-order chi connectivity index (χ0) is 27.5. The van der Waals surface area contributed by atoms with E-state index in [0.717, 1.165) is 42.4 Å². The Morgan fingerprint density at radius 2 is 1.93 bits per heavy atom. The molecule has 1 atom stereocenters. The highest BCUT2D eigenvalue weighted by atomic mass is 19.1. The molecule has 0 spiro atoms. The number of ether oxygens (including phenoxy) is 1. The van der Waals surface area contributed by atoms with E-state index in [9.17, 15) is 9.18 Å². The van der Waals surface area contributed by atoms with E-state index in [2.05, 4.69) is 25.4 Å². The Morgan fingerprint density at radius 3 is 2.67 bits per heavy atom. The van der Waals surface area contributed by atoms with E-state index >= 15 is 0 Å². The molecule has 3 heterocycles. The highest BCUT2D eigenvalue weighted by Gasteiger charge is 2.33. The lowest BCUT2D eigenvalue weighted by atomic mass is 9.95. The number of methoxy groups -OCH3 is 1. The number of aromatic amines is 1. The van der Waals surface area contributed by atoms with Gasteiger partial charge in [0.2, 0.25) is 0 Å². The van der Waals surface area contributed by atoms with Crippen molar-refractivity contribution in [2.75, 3.05) is 7.11 Å². The van der Waals surface area contributed by atoms with Crippen molar-refractivity contribution < 1.29 is 13.5 Å². The van der Waals surface area contributed by atoms with Crippen LogP contribution < -0.4 is 10.3 Å². The average Bonchev–Trinajstić information content (AvgIpc) is 3.68. The third kappa shape index (κ3) is 5.40. The third-order valence-electron chi connectivity index (χ3n) is 7.66. The maximum Gasteiger partial charge on any atom is 0.253 e. The summed E-state index contributed by atoms with van der Waals surface area (Å²) in [4.78, 5) is 18.9. The zero-order valence-corrected chi connectivity index (χ0v) is 22.3. The van der Waals surface area contributed by atoms with E-state index in [0.29, 0.717) is 35.7 Å². The van der Waals surface area contributed by atoms with E-state index in [1.54, 1.807) is 25.5 Å². The number of H-pyrrole nitrogens is 1. The summed E-state index contributed by atoms with van der Waals surface area (Å²) in [6.07, 6.45) is 6.99.